The minimum atomic E-state index is 0.139. The molecule has 0 aliphatic carbocycles. The van der Waals surface area contributed by atoms with Crippen LogP contribution in [-0.4, -0.2) is 37.2 Å². The van der Waals surface area contributed by atoms with E-state index in [9.17, 15) is 0 Å². The molecule has 1 aliphatic heterocycles. The average Bonchev–Trinajstić information content (AvgIpc) is 2.92. The second kappa shape index (κ2) is 6.60. The van der Waals surface area contributed by atoms with Crippen molar-refractivity contribution in [1.29, 1.82) is 0 Å². The van der Waals surface area contributed by atoms with Gasteiger partial charge in [0.1, 0.15) is 11.3 Å². The quantitative estimate of drug-likeness (QED) is 0.919. The summed E-state index contributed by atoms with van der Waals surface area (Å²) >= 11 is 0. The first-order valence-electron chi connectivity index (χ1n) is 7.86. The molecule has 2 N–H and O–H groups in total. The number of likely N-dealkylation sites (tertiary alicyclic amines) is 1. The van der Waals surface area contributed by atoms with Crippen LogP contribution < -0.4 is 5.73 Å². The summed E-state index contributed by atoms with van der Waals surface area (Å²) < 4.78 is 11.8. The first-order chi connectivity index (χ1) is 10.3. The van der Waals surface area contributed by atoms with E-state index < -0.39 is 0 Å². The number of benzene rings is 1. The Hall–Kier alpha value is -1.36. The number of nitrogens with two attached hydrogens (primary N) is 1. The van der Waals surface area contributed by atoms with Gasteiger partial charge >= 0.3 is 0 Å². The highest BCUT2D eigenvalue weighted by Crippen LogP contribution is 2.29. The molecule has 0 amide bonds. The van der Waals surface area contributed by atoms with Gasteiger partial charge in [0, 0.05) is 25.1 Å². The SMILES string of the molecule is CCOC1CCCN(C(CN)c2cc3ccccc3o2)C1. The predicted molar refractivity (Wildman–Crippen MR) is 84.2 cm³/mol. The molecule has 0 spiro atoms. The third-order valence-electron chi connectivity index (χ3n) is 4.25. The second-order valence-electron chi connectivity index (χ2n) is 5.65. The van der Waals surface area contributed by atoms with E-state index in [0.717, 1.165) is 49.3 Å². The van der Waals surface area contributed by atoms with Gasteiger partial charge in [-0.25, -0.2) is 0 Å². The first-order valence-corrected chi connectivity index (χ1v) is 7.86. The van der Waals surface area contributed by atoms with Crippen LogP contribution in [0.15, 0.2) is 34.7 Å². The van der Waals surface area contributed by atoms with Crippen LogP contribution in [0.3, 0.4) is 0 Å². The van der Waals surface area contributed by atoms with E-state index in [1.165, 1.54) is 0 Å². The molecular weight excluding hydrogens is 264 g/mol. The van der Waals surface area contributed by atoms with Crippen LogP contribution in [-0.2, 0) is 4.74 Å². The number of ether oxygens (including phenoxy) is 1. The summed E-state index contributed by atoms with van der Waals surface area (Å²) in [5.74, 6) is 0.968. The molecule has 21 heavy (non-hydrogen) atoms. The van der Waals surface area contributed by atoms with Crippen LogP contribution in [0.1, 0.15) is 31.6 Å². The largest absolute Gasteiger partial charge is 0.459 e. The Balaban J connectivity index is 1.80. The third-order valence-corrected chi connectivity index (χ3v) is 4.25. The lowest BCUT2D eigenvalue weighted by Crippen LogP contribution is -2.43. The maximum Gasteiger partial charge on any atom is 0.134 e. The molecular formula is C17H24N2O2. The van der Waals surface area contributed by atoms with E-state index >= 15 is 0 Å². The molecule has 1 saturated heterocycles. The van der Waals surface area contributed by atoms with Crippen LogP contribution in [0, 0.1) is 0 Å². The number of rotatable bonds is 5. The lowest BCUT2D eigenvalue weighted by atomic mass is 10.0. The Morgan fingerprint density at radius 1 is 1.43 bits per heavy atom. The minimum absolute atomic E-state index is 0.139. The lowest BCUT2D eigenvalue weighted by Gasteiger charge is -2.36. The zero-order valence-electron chi connectivity index (χ0n) is 12.6. The average molecular weight is 288 g/mol. The summed E-state index contributed by atoms with van der Waals surface area (Å²) in [5, 5.41) is 1.14. The van der Waals surface area contributed by atoms with Crippen molar-refractivity contribution in [3.8, 4) is 0 Å². The third kappa shape index (κ3) is 3.12. The van der Waals surface area contributed by atoms with Crippen molar-refractivity contribution in [3.05, 3.63) is 36.1 Å². The van der Waals surface area contributed by atoms with E-state index in [4.69, 9.17) is 14.9 Å². The van der Waals surface area contributed by atoms with Crippen molar-refractivity contribution in [2.24, 2.45) is 5.73 Å². The summed E-state index contributed by atoms with van der Waals surface area (Å²) in [7, 11) is 0. The molecule has 2 heterocycles. The fraction of sp³-hybridized carbons (Fsp3) is 0.529. The highest BCUT2D eigenvalue weighted by molar-refractivity contribution is 5.77. The minimum Gasteiger partial charge on any atom is -0.459 e. The topological polar surface area (TPSA) is 51.6 Å². The van der Waals surface area contributed by atoms with Crippen molar-refractivity contribution in [2.45, 2.75) is 31.9 Å². The molecule has 2 unspecified atom stereocenters. The van der Waals surface area contributed by atoms with Crippen LogP contribution in [0.2, 0.25) is 0 Å². The summed E-state index contributed by atoms with van der Waals surface area (Å²) in [6.07, 6.45) is 2.62. The summed E-state index contributed by atoms with van der Waals surface area (Å²) in [5.41, 5.74) is 6.97. The molecule has 2 aromatic rings. The molecule has 0 saturated carbocycles. The van der Waals surface area contributed by atoms with E-state index in [0.29, 0.717) is 12.6 Å². The molecule has 0 bridgehead atoms. The molecule has 1 aromatic carbocycles. The number of hydrogen-bond donors (Lipinski definition) is 1. The molecule has 1 aliphatic rings. The predicted octanol–water partition coefficient (Wildman–Crippen LogP) is 2.93. The van der Waals surface area contributed by atoms with Gasteiger partial charge < -0.3 is 14.9 Å². The molecule has 1 aromatic heterocycles. The number of furan rings is 1. The van der Waals surface area contributed by atoms with E-state index in [1.807, 2.05) is 18.2 Å². The highest BCUT2D eigenvalue weighted by atomic mass is 16.5. The van der Waals surface area contributed by atoms with Gasteiger partial charge in [0.2, 0.25) is 0 Å². The fourth-order valence-electron chi connectivity index (χ4n) is 3.23. The number of hydrogen-bond acceptors (Lipinski definition) is 4. The Bertz CT molecular complexity index is 546. The summed E-state index contributed by atoms with van der Waals surface area (Å²) in [6.45, 7) is 5.39. The van der Waals surface area contributed by atoms with Crippen LogP contribution in [0.25, 0.3) is 11.0 Å². The van der Waals surface area contributed by atoms with Gasteiger partial charge in [-0.2, -0.15) is 0 Å². The monoisotopic (exact) mass is 288 g/mol. The van der Waals surface area contributed by atoms with Crippen molar-refractivity contribution >= 4 is 11.0 Å². The standard InChI is InChI=1S/C17H24N2O2/c1-2-20-14-7-5-9-19(12-14)15(11-18)17-10-13-6-3-4-8-16(13)21-17/h3-4,6,8,10,14-15H,2,5,7,9,11-12,18H2,1H3. The van der Waals surface area contributed by atoms with Crippen molar-refractivity contribution in [1.82, 2.24) is 4.90 Å². The van der Waals surface area contributed by atoms with Crippen molar-refractivity contribution in [2.75, 3.05) is 26.2 Å². The number of nitrogens with zero attached hydrogens (tertiary/aromatic N) is 1. The smallest absolute Gasteiger partial charge is 0.134 e. The Morgan fingerprint density at radius 2 is 2.29 bits per heavy atom. The molecule has 114 valence electrons. The molecule has 2 atom stereocenters. The zero-order chi connectivity index (χ0) is 14.7. The number of para-hydroxylation sites is 1. The summed E-state index contributed by atoms with van der Waals surface area (Å²) in [6, 6.07) is 10.4. The highest BCUT2D eigenvalue weighted by Gasteiger charge is 2.28. The van der Waals surface area contributed by atoms with Crippen LogP contribution in [0.5, 0.6) is 0 Å². The van der Waals surface area contributed by atoms with Crippen molar-refractivity contribution < 1.29 is 9.15 Å². The van der Waals surface area contributed by atoms with E-state index in [-0.39, 0.29) is 6.04 Å². The van der Waals surface area contributed by atoms with Gasteiger partial charge in [-0.15, -0.1) is 0 Å². The second-order valence-corrected chi connectivity index (χ2v) is 5.65. The Kier molecular flexibility index (Phi) is 4.58. The fourth-order valence-corrected chi connectivity index (χ4v) is 3.23. The van der Waals surface area contributed by atoms with Gasteiger partial charge in [0.25, 0.3) is 0 Å². The van der Waals surface area contributed by atoms with Crippen LogP contribution >= 0.6 is 0 Å². The number of fused-ring (bicyclic) bond motifs is 1. The van der Waals surface area contributed by atoms with Gasteiger partial charge in [0.05, 0.1) is 12.1 Å². The molecule has 0 radical (unpaired) electrons. The number of piperidine rings is 1. The summed E-state index contributed by atoms with van der Waals surface area (Å²) in [4.78, 5) is 2.40. The van der Waals surface area contributed by atoms with E-state index in [1.54, 1.807) is 0 Å². The molecule has 3 rings (SSSR count). The van der Waals surface area contributed by atoms with Gasteiger partial charge in [-0.1, -0.05) is 18.2 Å². The zero-order valence-corrected chi connectivity index (χ0v) is 12.6. The molecule has 1 fully saturated rings. The van der Waals surface area contributed by atoms with E-state index in [2.05, 4.69) is 24.0 Å². The van der Waals surface area contributed by atoms with Gasteiger partial charge in [0.15, 0.2) is 0 Å². The Labute approximate surface area is 125 Å². The maximum absolute atomic E-state index is 6.03. The molecule has 4 heteroatoms. The Morgan fingerprint density at radius 3 is 3.05 bits per heavy atom. The van der Waals surface area contributed by atoms with Gasteiger partial charge in [-0.05, 0) is 38.4 Å². The lowest BCUT2D eigenvalue weighted by molar-refractivity contribution is -0.00906. The van der Waals surface area contributed by atoms with Crippen LogP contribution in [0.4, 0.5) is 0 Å². The van der Waals surface area contributed by atoms with Crippen molar-refractivity contribution in [3.63, 3.8) is 0 Å². The first kappa shape index (κ1) is 14.6. The maximum atomic E-state index is 6.03. The molecule has 4 nitrogen and oxygen atoms in total. The normalized spacial score (nSPS) is 21.7. The van der Waals surface area contributed by atoms with Gasteiger partial charge in [-0.3, -0.25) is 4.90 Å².